The number of rotatable bonds is 4. The van der Waals surface area contributed by atoms with Crippen LogP contribution < -0.4 is 16.4 Å². The molecule has 8 nitrogen and oxygen atoms in total. The maximum absolute atomic E-state index is 12.2. The summed E-state index contributed by atoms with van der Waals surface area (Å²) < 4.78 is 0. The summed E-state index contributed by atoms with van der Waals surface area (Å²) in [4.78, 5) is 21.5. The molecule has 4 aromatic rings. The zero-order chi connectivity index (χ0) is 20.7. The van der Waals surface area contributed by atoms with Crippen LogP contribution >= 0.6 is 11.6 Å². The Balaban J connectivity index is 1.64. The average molecular weight is 420 g/mol. The predicted octanol–water partition coefficient (Wildman–Crippen LogP) is 4.21. The first-order valence-electron chi connectivity index (χ1n) is 9.52. The fourth-order valence-corrected chi connectivity index (χ4v) is 3.52. The minimum Gasteiger partial charge on any atom is -0.381 e. The molecule has 9 heteroatoms. The Bertz CT molecular complexity index is 1250. The van der Waals surface area contributed by atoms with E-state index in [0.29, 0.717) is 16.4 Å². The Labute approximate surface area is 176 Å². The molecular formula is C21H18ClN7O. The third-order valence-corrected chi connectivity index (χ3v) is 5.19. The molecule has 30 heavy (non-hydrogen) atoms. The van der Waals surface area contributed by atoms with Crippen molar-refractivity contribution in [2.24, 2.45) is 0 Å². The number of urea groups is 1. The molecule has 150 valence electrons. The quantitative estimate of drug-likeness (QED) is 0.394. The van der Waals surface area contributed by atoms with E-state index >= 15 is 0 Å². The van der Waals surface area contributed by atoms with Crippen molar-refractivity contribution in [1.82, 2.24) is 25.5 Å². The van der Waals surface area contributed by atoms with E-state index in [1.54, 1.807) is 12.3 Å². The van der Waals surface area contributed by atoms with Gasteiger partial charge in [0.1, 0.15) is 0 Å². The molecule has 5 N–H and O–H groups in total. The first kappa shape index (κ1) is 18.4. The number of anilines is 2. The monoisotopic (exact) mass is 419 g/mol. The van der Waals surface area contributed by atoms with Crippen LogP contribution in [0.5, 0.6) is 0 Å². The van der Waals surface area contributed by atoms with Gasteiger partial charge in [0.2, 0.25) is 0 Å². The molecule has 0 atom stereocenters. The number of nitrogens with two attached hydrogens (primary N) is 1. The first-order valence-corrected chi connectivity index (χ1v) is 9.90. The van der Waals surface area contributed by atoms with E-state index in [1.165, 1.54) is 0 Å². The number of amides is 2. The van der Waals surface area contributed by atoms with E-state index in [4.69, 9.17) is 17.3 Å². The summed E-state index contributed by atoms with van der Waals surface area (Å²) in [7, 11) is 0. The number of H-pyrrole nitrogens is 1. The molecule has 0 radical (unpaired) electrons. The Hall–Kier alpha value is -3.65. The van der Waals surface area contributed by atoms with E-state index in [1.807, 2.05) is 36.4 Å². The van der Waals surface area contributed by atoms with Gasteiger partial charge in [-0.1, -0.05) is 41.9 Å². The minimum absolute atomic E-state index is 0.138. The number of benzene rings is 2. The van der Waals surface area contributed by atoms with Crippen LogP contribution in [0.25, 0.3) is 33.4 Å². The lowest BCUT2D eigenvalue weighted by atomic mass is 10.0. The summed E-state index contributed by atoms with van der Waals surface area (Å²) in [5.41, 5.74) is 9.64. The normalized spacial score (nSPS) is 13.4. The summed E-state index contributed by atoms with van der Waals surface area (Å²) in [6.07, 6.45) is 3.66. The third kappa shape index (κ3) is 3.53. The second-order valence-electron chi connectivity index (χ2n) is 7.19. The standard InChI is InChI=1S/C21H18ClN7O/c22-15-9-12(8-13-10-24-29-16(13)15)18-17(11-4-2-1-3-5-11)26-19(23)20(27-18)28-21(30)25-14-6-7-14/h1-5,8-10,14H,6-7H2,(H2,23,26)(H,24,29)(H2,25,27,28,30). The van der Waals surface area contributed by atoms with Crippen molar-refractivity contribution in [3.8, 4) is 22.5 Å². The molecule has 1 saturated carbocycles. The van der Waals surface area contributed by atoms with Crippen molar-refractivity contribution < 1.29 is 4.79 Å². The van der Waals surface area contributed by atoms with Gasteiger partial charge in [0.15, 0.2) is 11.6 Å². The summed E-state index contributed by atoms with van der Waals surface area (Å²) in [6, 6.07) is 13.2. The van der Waals surface area contributed by atoms with Gasteiger partial charge in [-0.15, -0.1) is 0 Å². The number of aromatic nitrogens is 4. The number of hydrogen-bond acceptors (Lipinski definition) is 5. The van der Waals surface area contributed by atoms with Crippen LogP contribution in [0.4, 0.5) is 16.4 Å². The number of nitrogens with one attached hydrogen (secondary N) is 3. The summed E-state index contributed by atoms with van der Waals surface area (Å²) in [5, 5.41) is 13.9. The zero-order valence-electron chi connectivity index (χ0n) is 15.8. The van der Waals surface area contributed by atoms with E-state index < -0.39 is 0 Å². The Kier molecular flexibility index (Phi) is 4.48. The number of carbonyl (C=O) groups is 1. The summed E-state index contributed by atoms with van der Waals surface area (Å²) >= 11 is 6.45. The van der Waals surface area contributed by atoms with Gasteiger partial charge in [-0.3, -0.25) is 10.4 Å². The van der Waals surface area contributed by atoms with Crippen LogP contribution in [0.2, 0.25) is 5.02 Å². The van der Waals surface area contributed by atoms with Gasteiger partial charge in [-0.25, -0.2) is 14.8 Å². The molecule has 1 aliphatic rings. The highest BCUT2D eigenvalue weighted by atomic mass is 35.5. The molecule has 0 aliphatic heterocycles. The third-order valence-electron chi connectivity index (χ3n) is 4.89. The summed E-state index contributed by atoms with van der Waals surface area (Å²) in [6.45, 7) is 0. The fraction of sp³-hybridized carbons (Fsp3) is 0.143. The van der Waals surface area contributed by atoms with Gasteiger partial charge in [0.25, 0.3) is 0 Å². The number of nitrogens with zero attached hydrogens (tertiary/aromatic N) is 3. The lowest BCUT2D eigenvalue weighted by Gasteiger charge is -2.14. The minimum atomic E-state index is -0.347. The Morgan fingerprint density at radius 3 is 2.63 bits per heavy atom. The molecule has 2 aromatic carbocycles. The van der Waals surface area contributed by atoms with E-state index in [9.17, 15) is 4.79 Å². The molecule has 5 rings (SSSR count). The van der Waals surface area contributed by atoms with Crippen LogP contribution in [0, 0.1) is 0 Å². The van der Waals surface area contributed by atoms with E-state index in [0.717, 1.165) is 34.9 Å². The molecule has 1 aliphatic carbocycles. The SMILES string of the molecule is Nc1nc(-c2ccccc2)c(-c2cc(Cl)c3[nH]ncc3c2)nc1NC(=O)NC1CC1. The number of halogens is 1. The molecule has 0 unspecified atom stereocenters. The maximum Gasteiger partial charge on any atom is 0.320 e. The number of fused-ring (bicyclic) bond motifs is 1. The van der Waals surface area contributed by atoms with Gasteiger partial charge in [0.05, 0.1) is 28.1 Å². The Morgan fingerprint density at radius 1 is 1.10 bits per heavy atom. The van der Waals surface area contributed by atoms with Gasteiger partial charge in [0, 0.05) is 22.6 Å². The zero-order valence-corrected chi connectivity index (χ0v) is 16.6. The van der Waals surface area contributed by atoms with Crippen LogP contribution in [-0.2, 0) is 0 Å². The second kappa shape index (κ2) is 7.31. The van der Waals surface area contributed by atoms with Crippen LogP contribution in [0.15, 0.2) is 48.7 Å². The van der Waals surface area contributed by atoms with Crippen molar-refractivity contribution >= 4 is 40.2 Å². The number of nitrogen functional groups attached to an aromatic ring is 1. The molecule has 0 saturated heterocycles. The van der Waals surface area contributed by atoms with Crippen molar-refractivity contribution in [2.75, 3.05) is 11.1 Å². The molecule has 0 spiro atoms. The molecule has 2 heterocycles. The smallest absolute Gasteiger partial charge is 0.320 e. The fourth-order valence-electron chi connectivity index (χ4n) is 3.25. The van der Waals surface area contributed by atoms with Gasteiger partial charge in [-0.2, -0.15) is 5.10 Å². The lowest BCUT2D eigenvalue weighted by Crippen LogP contribution is -2.31. The highest BCUT2D eigenvalue weighted by Crippen LogP contribution is 2.35. The van der Waals surface area contributed by atoms with Crippen molar-refractivity contribution in [3.63, 3.8) is 0 Å². The predicted molar refractivity (Wildman–Crippen MR) is 117 cm³/mol. The van der Waals surface area contributed by atoms with Gasteiger partial charge < -0.3 is 11.1 Å². The number of hydrogen-bond donors (Lipinski definition) is 4. The highest BCUT2D eigenvalue weighted by molar-refractivity contribution is 6.35. The molecule has 2 aromatic heterocycles. The number of carbonyl (C=O) groups excluding carboxylic acids is 1. The van der Waals surface area contributed by atoms with Crippen molar-refractivity contribution in [1.29, 1.82) is 0 Å². The molecular weight excluding hydrogens is 402 g/mol. The van der Waals surface area contributed by atoms with E-state index in [2.05, 4.69) is 30.8 Å². The molecule has 0 bridgehead atoms. The maximum atomic E-state index is 12.2. The summed E-state index contributed by atoms with van der Waals surface area (Å²) in [5.74, 6) is 0.338. The largest absolute Gasteiger partial charge is 0.381 e. The van der Waals surface area contributed by atoms with Crippen molar-refractivity contribution in [2.45, 2.75) is 18.9 Å². The van der Waals surface area contributed by atoms with Crippen LogP contribution in [0.3, 0.4) is 0 Å². The molecule has 2 amide bonds. The lowest BCUT2D eigenvalue weighted by molar-refractivity contribution is 0.251. The van der Waals surface area contributed by atoms with Crippen molar-refractivity contribution in [3.05, 3.63) is 53.7 Å². The topological polar surface area (TPSA) is 122 Å². The van der Waals surface area contributed by atoms with E-state index in [-0.39, 0.29) is 23.7 Å². The first-order chi connectivity index (χ1) is 14.6. The van der Waals surface area contributed by atoms with Gasteiger partial charge in [-0.05, 0) is 25.0 Å². The van der Waals surface area contributed by atoms with Gasteiger partial charge >= 0.3 is 6.03 Å². The van der Waals surface area contributed by atoms with Crippen LogP contribution in [0.1, 0.15) is 12.8 Å². The highest BCUT2D eigenvalue weighted by Gasteiger charge is 2.24. The molecule has 1 fully saturated rings. The second-order valence-corrected chi connectivity index (χ2v) is 7.59. The average Bonchev–Trinajstić information content (AvgIpc) is 3.42. The number of aromatic amines is 1. The van der Waals surface area contributed by atoms with Crippen LogP contribution in [-0.4, -0.2) is 32.2 Å². The Morgan fingerprint density at radius 2 is 1.87 bits per heavy atom.